The van der Waals surface area contributed by atoms with Gasteiger partial charge in [-0.2, -0.15) is 0 Å². The number of para-hydroxylation sites is 2. The van der Waals surface area contributed by atoms with Crippen molar-refractivity contribution < 1.29 is 4.74 Å². The fourth-order valence-electron chi connectivity index (χ4n) is 1.96. The van der Waals surface area contributed by atoms with Gasteiger partial charge >= 0.3 is 0 Å². The minimum absolute atomic E-state index is 0.0855. The van der Waals surface area contributed by atoms with E-state index in [2.05, 4.69) is 48.5 Å². The molecule has 0 aliphatic heterocycles. The third-order valence-electron chi connectivity index (χ3n) is 3.34. The number of aromatic nitrogens is 2. The first-order valence-electron chi connectivity index (χ1n) is 6.00. The molecule has 0 aliphatic rings. The number of ether oxygens (including phenoxy) is 1. The maximum Gasteiger partial charge on any atom is 0.106 e. The molecule has 3 nitrogen and oxygen atoms in total. The molecule has 3 heteroatoms. The van der Waals surface area contributed by atoms with Crippen molar-refractivity contribution in [3.8, 4) is 0 Å². The molecule has 1 aromatic heterocycles. The van der Waals surface area contributed by atoms with Gasteiger partial charge in [0.1, 0.15) is 5.82 Å². The molecule has 0 spiro atoms. The first kappa shape index (κ1) is 12.1. The average molecular weight is 232 g/mol. The van der Waals surface area contributed by atoms with Gasteiger partial charge in [-0.3, -0.25) is 0 Å². The highest BCUT2D eigenvalue weighted by Crippen LogP contribution is 2.19. The highest BCUT2D eigenvalue weighted by molar-refractivity contribution is 5.75. The van der Waals surface area contributed by atoms with Crippen molar-refractivity contribution in [3.63, 3.8) is 0 Å². The van der Waals surface area contributed by atoms with Crippen molar-refractivity contribution in [3.05, 3.63) is 30.1 Å². The maximum absolute atomic E-state index is 5.45. The zero-order valence-corrected chi connectivity index (χ0v) is 11.0. The molecule has 0 aliphatic carbocycles. The first-order chi connectivity index (χ1) is 8.03. The van der Waals surface area contributed by atoms with Gasteiger partial charge in [0.25, 0.3) is 0 Å². The summed E-state index contributed by atoms with van der Waals surface area (Å²) in [7, 11) is 1.76. The Morgan fingerprint density at radius 3 is 2.71 bits per heavy atom. The minimum Gasteiger partial charge on any atom is -0.379 e. The Hall–Kier alpha value is -1.35. The molecule has 1 aromatic carbocycles. The second-order valence-corrected chi connectivity index (χ2v) is 5.01. The summed E-state index contributed by atoms with van der Waals surface area (Å²) in [6.07, 6.45) is 0.977. The SMILES string of the molecule is COC(C)(C)CCn1c(C)nc2ccccc21. The first-order valence-corrected chi connectivity index (χ1v) is 6.00. The number of fused-ring (bicyclic) bond motifs is 1. The van der Waals surface area contributed by atoms with Crippen LogP contribution in [0.5, 0.6) is 0 Å². The lowest BCUT2D eigenvalue weighted by atomic mass is 10.1. The lowest BCUT2D eigenvalue weighted by Gasteiger charge is -2.23. The molecular formula is C14H20N2O. The summed E-state index contributed by atoms with van der Waals surface area (Å²) in [4.78, 5) is 4.56. The van der Waals surface area contributed by atoms with Gasteiger partial charge in [0, 0.05) is 13.7 Å². The van der Waals surface area contributed by atoms with Gasteiger partial charge in [-0.05, 0) is 39.3 Å². The van der Waals surface area contributed by atoms with Crippen LogP contribution in [0.3, 0.4) is 0 Å². The van der Waals surface area contributed by atoms with E-state index >= 15 is 0 Å². The molecule has 0 bridgehead atoms. The molecule has 1 heterocycles. The summed E-state index contributed by atoms with van der Waals surface area (Å²) < 4.78 is 7.71. The van der Waals surface area contributed by atoms with Crippen LogP contribution in [0.25, 0.3) is 11.0 Å². The molecule has 0 radical (unpaired) electrons. The standard InChI is InChI=1S/C14H20N2O/c1-11-15-12-7-5-6-8-13(12)16(11)10-9-14(2,3)17-4/h5-8H,9-10H2,1-4H3. The van der Waals surface area contributed by atoms with Crippen molar-refractivity contribution in [1.29, 1.82) is 0 Å². The van der Waals surface area contributed by atoms with Gasteiger partial charge in [0.05, 0.1) is 16.6 Å². The van der Waals surface area contributed by atoms with Gasteiger partial charge in [-0.1, -0.05) is 12.1 Å². The molecule has 2 rings (SSSR count). The fourth-order valence-corrected chi connectivity index (χ4v) is 1.96. The summed E-state index contributed by atoms with van der Waals surface area (Å²) in [5.41, 5.74) is 2.19. The van der Waals surface area contributed by atoms with Crippen LogP contribution in [0.15, 0.2) is 24.3 Å². The van der Waals surface area contributed by atoms with Gasteiger partial charge in [-0.15, -0.1) is 0 Å². The highest BCUT2D eigenvalue weighted by atomic mass is 16.5. The summed E-state index contributed by atoms with van der Waals surface area (Å²) in [6, 6.07) is 8.26. The van der Waals surface area contributed by atoms with Crippen LogP contribution in [0.2, 0.25) is 0 Å². The Morgan fingerprint density at radius 1 is 1.29 bits per heavy atom. The normalized spacial score (nSPS) is 12.2. The summed E-state index contributed by atoms with van der Waals surface area (Å²) >= 11 is 0. The van der Waals surface area contributed by atoms with Crippen LogP contribution in [-0.2, 0) is 11.3 Å². The zero-order valence-electron chi connectivity index (χ0n) is 11.0. The van der Waals surface area contributed by atoms with Crippen LogP contribution in [0.4, 0.5) is 0 Å². The molecule has 0 saturated heterocycles. The van der Waals surface area contributed by atoms with E-state index in [0.717, 1.165) is 24.3 Å². The average Bonchev–Trinajstić information content (AvgIpc) is 2.62. The molecule has 0 atom stereocenters. The van der Waals surface area contributed by atoms with E-state index in [1.165, 1.54) is 5.52 Å². The second kappa shape index (κ2) is 4.49. The molecule has 0 N–H and O–H groups in total. The number of imidazole rings is 1. The predicted molar refractivity (Wildman–Crippen MR) is 70.2 cm³/mol. The number of benzene rings is 1. The Labute approximate surface area is 102 Å². The number of aryl methyl sites for hydroxylation is 2. The van der Waals surface area contributed by atoms with E-state index in [0.29, 0.717) is 0 Å². The quantitative estimate of drug-likeness (QED) is 0.809. The molecular weight excluding hydrogens is 212 g/mol. The molecule has 0 amide bonds. The van der Waals surface area contributed by atoms with E-state index in [9.17, 15) is 0 Å². The Kier molecular flexibility index (Phi) is 3.20. The topological polar surface area (TPSA) is 27.1 Å². The predicted octanol–water partition coefficient (Wildman–Crippen LogP) is 3.16. The van der Waals surface area contributed by atoms with Gasteiger partial charge < -0.3 is 9.30 Å². The van der Waals surface area contributed by atoms with Crippen molar-refractivity contribution in [2.75, 3.05) is 7.11 Å². The van der Waals surface area contributed by atoms with Gasteiger partial charge in [0.15, 0.2) is 0 Å². The molecule has 0 unspecified atom stereocenters. The van der Waals surface area contributed by atoms with E-state index in [1.54, 1.807) is 7.11 Å². The largest absolute Gasteiger partial charge is 0.379 e. The molecule has 92 valence electrons. The minimum atomic E-state index is -0.0855. The van der Waals surface area contributed by atoms with Crippen LogP contribution in [0, 0.1) is 6.92 Å². The Morgan fingerprint density at radius 2 is 2.00 bits per heavy atom. The van der Waals surface area contributed by atoms with Gasteiger partial charge in [-0.25, -0.2) is 4.98 Å². The van der Waals surface area contributed by atoms with E-state index in [4.69, 9.17) is 4.74 Å². The number of nitrogens with zero attached hydrogens (tertiary/aromatic N) is 2. The molecule has 2 aromatic rings. The molecule has 17 heavy (non-hydrogen) atoms. The number of hydrogen-bond acceptors (Lipinski definition) is 2. The van der Waals surface area contributed by atoms with Crippen molar-refractivity contribution >= 4 is 11.0 Å². The number of rotatable bonds is 4. The van der Waals surface area contributed by atoms with Crippen LogP contribution in [0.1, 0.15) is 26.1 Å². The summed E-state index contributed by atoms with van der Waals surface area (Å²) in [5.74, 6) is 1.07. The third kappa shape index (κ3) is 2.50. The maximum atomic E-state index is 5.45. The van der Waals surface area contributed by atoms with E-state index in [-0.39, 0.29) is 5.60 Å². The number of methoxy groups -OCH3 is 1. The lowest BCUT2D eigenvalue weighted by Crippen LogP contribution is -2.24. The van der Waals surface area contributed by atoms with E-state index < -0.39 is 0 Å². The second-order valence-electron chi connectivity index (χ2n) is 5.01. The highest BCUT2D eigenvalue weighted by Gasteiger charge is 2.17. The van der Waals surface area contributed by atoms with E-state index in [1.807, 2.05) is 6.07 Å². The lowest BCUT2D eigenvalue weighted by molar-refractivity contribution is 0.0122. The Balaban J connectivity index is 2.27. The number of hydrogen-bond donors (Lipinski definition) is 0. The van der Waals surface area contributed by atoms with Crippen molar-refractivity contribution in [1.82, 2.24) is 9.55 Å². The smallest absolute Gasteiger partial charge is 0.106 e. The van der Waals surface area contributed by atoms with Crippen LogP contribution < -0.4 is 0 Å². The third-order valence-corrected chi connectivity index (χ3v) is 3.34. The van der Waals surface area contributed by atoms with Crippen molar-refractivity contribution in [2.45, 2.75) is 39.3 Å². The summed E-state index contributed by atoms with van der Waals surface area (Å²) in [5, 5.41) is 0. The summed E-state index contributed by atoms with van der Waals surface area (Å²) in [6.45, 7) is 7.22. The van der Waals surface area contributed by atoms with Crippen LogP contribution in [-0.4, -0.2) is 22.3 Å². The van der Waals surface area contributed by atoms with Crippen LogP contribution >= 0.6 is 0 Å². The Bertz CT molecular complexity index is 514. The fraction of sp³-hybridized carbons (Fsp3) is 0.500. The monoisotopic (exact) mass is 232 g/mol. The van der Waals surface area contributed by atoms with Gasteiger partial charge in [0.2, 0.25) is 0 Å². The zero-order chi connectivity index (χ0) is 12.5. The van der Waals surface area contributed by atoms with Crippen molar-refractivity contribution in [2.24, 2.45) is 0 Å². The molecule has 0 saturated carbocycles. The molecule has 0 fully saturated rings.